The number of halogens is 1. The fourth-order valence-electron chi connectivity index (χ4n) is 5.70. The standard InChI is InChI=1S/C32H29ClN4O3S/c1-18-7-10-23(37(39)40)15-28(18)36-27-5-4-6-29(38)31(27)30(26(16-34)32(36)35)25-14-21(19(2)13-20(25)3)17-41-24-11-8-22(33)9-12-24/h7-15,30H,4-6,17,35H2,1-3H3. The largest absolute Gasteiger partial charge is 0.384 e. The fourth-order valence-corrected chi connectivity index (χ4v) is 6.79. The van der Waals surface area contributed by atoms with Crippen LogP contribution in [0, 0.1) is 42.2 Å². The number of anilines is 1. The predicted molar refractivity (Wildman–Crippen MR) is 163 cm³/mol. The fraction of sp³-hybridized carbons (Fsp3) is 0.250. The number of benzene rings is 3. The van der Waals surface area contributed by atoms with Crippen molar-refractivity contribution in [2.24, 2.45) is 5.73 Å². The number of allylic oxidation sites excluding steroid dienone is 3. The maximum Gasteiger partial charge on any atom is 0.271 e. The van der Waals surface area contributed by atoms with E-state index in [-0.39, 0.29) is 22.9 Å². The third kappa shape index (κ3) is 5.35. The lowest BCUT2D eigenvalue weighted by molar-refractivity contribution is -0.384. The molecular weight excluding hydrogens is 556 g/mol. The van der Waals surface area contributed by atoms with E-state index in [1.165, 1.54) is 12.1 Å². The number of thioether (sulfide) groups is 1. The molecule has 1 heterocycles. The van der Waals surface area contributed by atoms with Crippen LogP contribution in [-0.4, -0.2) is 10.7 Å². The van der Waals surface area contributed by atoms with Gasteiger partial charge in [-0.25, -0.2) is 0 Å². The maximum absolute atomic E-state index is 13.6. The van der Waals surface area contributed by atoms with Crippen LogP contribution in [0.15, 0.2) is 82.2 Å². The number of nitrogens with zero attached hydrogens (tertiary/aromatic N) is 3. The molecule has 5 rings (SSSR count). The number of nitrogens with two attached hydrogens (primary N) is 1. The maximum atomic E-state index is 13.6. The Morgan fingerprint density at radius 2 is 1.80 bits per heavy atom. The Hall–Kier alpha value is -4.06. The van der Waals surface area contributed by atoms with Gasteiger partial charge in [-0.2, -0.15) is 5.26 Å². The van der Waals surface area contributed by atoms with E-state index >= 15 is 0 Å². The van der Waals surface area contributed by atoms with Crippen molar-refractivity contribution in [1.82, 2.24) is 0 Å². The molecule has 9 heteroatoms. The molecule has 2 N–H and O–H groups in total. The van der Waals surface area contributed by atoms with Crippen LogP contribution >= 0.6 is 23.4 Å². The van der Waals surface area contributed by atoms with E-state index in [9.17, 15) is 20.2 Å². The molecule has 3 aromatic carbocycles. The van der Waals surface area contributed by atoms with E-state index < -0.39 is 10.8 Å². The number of ketones is 1. The Balaban J connectivity index is 1.65. The van der Waals surface area contributed by atoms with Gasteiger partial charge in [0.15, 0.2) is 5.78 Å². The normalized spacial score (nSPS) is 17.0. The van der Waals surface area contributed by atoms with Gasteiger partial charge in [0.2, 0.25) is 0 Å². The molecular formula is C32H29ClN4O3S. The van der Waals surface area contributed by atoms with Crippen molar-refractivity contribution < 1.29 is 9.72 Å². The van der Waals surface area contributed by atoms with E-state index in [0.717, 1.165) is 32.7 Å². The number of aryl methyl sites for hydroxylation is 3. The molecule has 0 amide bonds. The van der Waals surface area contributed by atoms with Gasteiger partial charge in [0.05, 0.1) is 28.2 Å². The van der Waals surface area contributed by atoms with E-state index in [1.54, 1.807) is 22.7 Å². The Morgan fingerprint density at radius 1 is 1.07 bits per heavy atom. The molecule has 1 unspecified atom stereocenters. The smallest absolute Gasteiger partial charge is 0.271 e. The Kier molecular flexibility index (Phi) is 7.94. The van der Waals surface area contributed by atoms with Crippen molar-refractivity contribution >= 4 is 40.5 Å². The molecule has 208 valence electrons. The number of Topliss-reactive ketones (excluding diaryl/α,β-unsaturated/α-hetero) is 1. The van der Waals surface area contributed by atoms with Crippen LogP contribution in [0.2, 0.25) is 5.02 Å². The highest BCUT2D eigenvalue weighted by atomic mass is 35.5. The number of hydrogen-bond acceptors (Lipinski definition) is 7. The molecule has 1 aliphatic heterocycles. The van der Waals surface area contributed by atoms with Crippen molar-refractivity contribution in [2.45, 2.75) is 56.6 Å². The molecule has 0 bridgehead atoms. The average molecular weight is 585 g/mol. The number of carbonyl (C=O) groups excluding carboxylic acids is 1. The van der Waals surface area contributed by atoms with Crippen LogP contribution in [0.4, 0.5) is 11.4 Å². The first kappa shape index (κ1) is 28.5. The molecule has 0 radical (unpaired) electrons. The highest BCUT2D eigenvalue weighted by Gasteiger charge is 2.41. The molecule has 0 saturated heterocycles. The van der Waals surface area contributed by atoms with Gasteiger partial charge in [0.1, 0.15) is 5.82 Å². The Labute approximate surface area is 248 Å². The first-order valence-electron chi connectivity index (χ1n) is 13.3. The first-order valence-corrected chi connectivity index (χ1v) is 14.7. The molecule has 1 aliphatic carbocycles. The minimum Gasteiger partial charge on any atom is -0.384 e. The number of hydrogen-bond donors (Lipinski definition) is 1. The van der Waals surface area contributed by atoms with Crippen LogP contribution in [0.25, 0.3) is 0 Å². The summed E-state index contributed by atoms with van der Waals surface area (Å²) in [5, 5.41) is 22.7. The van der Waals surface area contributed by atoms with Gasteiger partial charge >= 0.3 is 0 Å². The summed E-state index contributed by atoms with van der Waals surface area (Å²) in [5.74, 6) is 0.263. The molecule has 41 heavy (non-hydrogen) atoms. The summed E-state index contributed by atoms with van der Waals surface area (Å²) >= 11 is 7.74. The van der Waals surface area contributed by atoms with E-state index in [2.05, 4.69) is 25.1 Å². The summed E-state index contributed by atoms with van der Waals surface area (Å²) in [7, 11) is 0. The quantitative estimate of drug-likeness (QED) is 0.179. The second-order valence-corrected chi connectivity index (χ2v) is 11.9. The molecule has 3 aromatic rings. The van der Waals surface area contributed by atoms with Crippen LogP contribution in [-0.2, 0) is 10.5 Å². The number of carbonyl (C=O) groups is 1. The molecule has 0 aromatic heterocycles. The highest BCUT2D eigenvalue weighted by Crippen LogP contribution is 2.48. The SMILES string of the molecule is Cc1cc(C)c(C2C(C#N)=C(N)N(c3cc([N+](=O)[O-])ccc3C)C3=C2C(=O)CCC3)cc1CSc1ccc(Cl)cc1. The molecule has 1 atom stereocenters. The summed E-state index contributed by atoms with van der Waals surface area (Å²) in [6.07, 6.45) is 1.59. The van der Waals surface area contributed by atoms with E-state index in [1.807, 2.05) is 38.1 Å². The number of nitro benzene ring substituents is 1. The summed E-state index contributed by atoms with van der Waals surface area (Å²) in [6, 6.07) is 18.8. The van der Waals surface area contributed by atoms with Crippen molar-refractivity contribution in [3.05, 3.63) is 120 Å². The van der Waals surface area contributed by atoms with E-state index in [0.29, 0.717) is 47.0 Å². The Bertz CT molecular complexity index is 1690. The lowest BCUT2D eigenvalue weighted by atomic mass is 9.74. The topological polar surface area (TPSA) is 113 Å². The van der Waals surface area contributed by atoms with Crippen molar-refractivity contribution in [3.8, 4) is 6.07 Å². The number of rotatable bonds is 6. The van der Waals surface area contributed by atoms with Crippen molar-refractivity contribution in [1.29, 1.82) is 5.26 Å². The van der Waals surface area contributed by atoms with Gasteiger partial charge in [-0.3, -0.25) is 19.8 Å². The third-order valence-electron chi connectivity index (χ3n) is 7.80. The summed E-state index contributed by atoms with van der Waals surface area (Å²) in [5.41, 5.74) is 13.5. The van der Waals surface area contributed by atoms with Crippen LogP contribution in [0.1, 0.15) is 53.0 Å². The third-order valence-corrected chi connectivity index (χ3v) is 9.11. The minimum absolute atomic E-state index is 0.0263. The zero-order valence-corrected chi connectivity index (χ0v) is 24.6. The zero-order valence-electron chi connectivity index (χ0n) is 23.0. The minimum atomic E-state index is -0.613. The highest BCUT2D eigenvalue weighted by molar-refractivity contribution is 7.98. The molecule has 0 saturated carbocycles. The summed E-state index contributed by atoms with van der Waals surface area (Å²) in [6.45, 7) is 5.90. The Morgan fingerprint density at radius 3 is 2.49 bits per heavy atom. The molecule has 0 spiro atoms. The van der Waals surface area contributed by atoms with Gasteiger partial charge in [-0.05, 0) is 85.7 Å². The van der Waals surface area contributed by atoms with Crippen LogP contribution in [0.5, 0.6) is 0 Å². The summed E-state index contributed by atoms with van der Waals surface area (Å²) < 4.78 is 0. The van der Waals surface area contributed by atoms with E-state index in [4.69, 9.17) is 17.3 Å². The zero-order chi connectivity index (χ0) is 29.4. The van der Waals surface area contributed by atoms with Crippen LogP contribution < -0.4 is 10.6 Å². The van der Waals surface area contributed by atoms with Crippen molar-refractivity contribution in [2.75, 3.05) is 4.90 Å². The van der Waals surface area contributed by atoms with Crippen LogP contribution in [0.3, 0.4) is 0 Å². The van der Waals surface area contributed by atoms with Crippen molar-refractivity contribution in [3.63, 3.8) is 0 Å². The molecule has 2 aliphatic rings. The first-order chi connectivity index (χ1) is 19.6. The lowest BCUT2D eigenvalue weighted by Gasteiger charge is -2.40. The predicted octanol–water partition coefficient (Wildman–Crippen LogP) is 7.77. The number of nitriles is 1. The summed E-state index contributed by atoms with van der Waals surface area (Å²) in [4.78, 5) is 27.6. The van der Waals surface area contributed by atoms with Gasteiger partial charge < -0.3 is 5.73 Å². The number of non-ortho nitro benzene ring substituents is 1. The lowest BCUT2D eigenvalue weighted by Crippen LogP contribution is -2.39. The molecule has 0 fully saturated rings. The number of nitro groups is 1. The second-order valence-electron chi connectivity index (χ2n) is 10.4. The van der Waals surface area contributed by atoms with Gasteiger partial charge in [0.25, 0.3) is 5.69 Å². The second kappa shape index (κ2) is 11.4. The molecule has 7 nitrogen and oxygen atoms in total. The average Bonchev–Trinajstić information content (AvgIpc) is 2.94. The van der Waals surface area contributed by atoms with Gasteiger partial charge in [-0.1, -0.05) is 29.8 Å². The van der Waals surface area contributed by atoms with Gasteiger partial charge in [0, 0.05) is 45.5 Å². The monoisotopic (exact) mass is 584 g/mol. The van der Waals surface area contributed by atoms with Gasteiger partial charge in [-0.15, -0.1) is 11.8 Å².